The van der Waals surface area contributed by atoms with E-state index in [4.69, 9.17) is 0 Å². The van der Waals surface area contributed by atoms with Crippen molar-refractivity contribution in [3.05, 3.63) is 70.8 Å². The summed E-state index contributed by atoms with van der Waals surface area (Å²) in [6, 6.07) is 14.6. The molecule has 1 N–H and O–H groups in total. The zero-order chi connectivity index (χ0) is 16.9. The maximum absolute atomic E-state index is 12.3. The predicted octanol–water partition coefficient (Wildman–Crippen LogP) is 1.78. The van der Waals surface area contributed by atoms with Crippen LogP contribution in [0.25, 0.3) is 11.5 Å². The van der Waals surface area contributed by atoms with Gasteiger partial charge in [-0.2, -0.15) is 0 Å². The maximum atomic E-state index is 12.3. The fourth-order valence-electron chi connectivity index (χ4n) is 2.34. The van der Waals surface area contributed by atoms with Gasteiger partial charge in [0.2, 0.25) is 11.7 Å². The van der Waals surface area contributed by atoms with E-state index in [9.17, 15) is 9.59 Å². The molecular formula is C17H16N4O3. The number of carbonyl (C=O) groups excluding carboxylic acids is 1. The van der Waals surface area contributed by atoms with Crippen LogP contribution in [-0.2, 0) is 11.3 Å². The molecule has 3 aromatic rings. The zero-order valence-corrected chi connectivity index (χ0v) is 13.0. The van der Waals surface area contributed by atoms with E-state index in [2.05, 4.69) is 20.0 Å². The Balaban J connectivity index is 1.76. The maximum Gasteiger partial charge on any atom is 0.442 e. The van der Waals surface area contributed by atoms with Gasteiger partial charge in [-0.1, -0.05) is 41.6 Å². The number of rotatable bonds is 5. The van der Waals surface area contributed by atoms with E-state index in [0.29, 0.717) is 5.69 Å². The van der Waals surface area contributed by atoms with E-state index in [1.807, 2.05) is 37.3 Å². The quantitative estimate of drug-likeness (QED) is 0.772. The number of amides is 1. The van der Waals surface area contributed by atoms with Crippen LogP contribution in [0.4, 0.5) is 0 Å². The molecule has 0 aliphatic heterocycles. The summed E-state index contributed by atoms with van der Waals surface area (Å²) >= 11 is 0. The first kappa shape index (κ1) is 15.7. The molecule has 0 spiro atoms. The summed E-state index contributed by atoms with van der Waals surface area (Å²) in [6.45, 7) is 1.69. The van der Waals surface area contributed by atoms with Crippen LogP contribution in [0.5, 0.6) is 0 Å². The van der Waals surface area contributed by atoms with Crippen molar-refractivity contribution >= 4 is 5.91 Å². The third-order valence-corrected chi connectivity index (χ3v) is 3.56. The van der Waals surface area contributed by atoms with E-state index in [0.717, 1.165) is 10.1 Å². The highest BCUT2D eigenvalue weighted by molar-refractivity contribution is 5.76. The van der Waals surface area contributed by atoms with Crippen LogP contribution in [0.15, 0.2) is 64.0 Å². The molecule has 122 valence electrons. The van der Waals surface area contributed by atoms with Gasteiger partial charge in [0.15, 0.2) is 0 Å². The highest BCUT2D eigenvalue weighted by atomic mass is 16.5. The lowest BCUT2D eigenvalue weighted by atomic mass is 10.1. The summed E-state index contributed by atoms with van der Waals surface area (Å²) in [5, 5.41) is 6.56. The van der Waals surface area contributed by atoms with Gasteiger partial charge in [-0.3, -0.25) is 14.3 Å². The van der Waals surface area contributed by atoms with Crippen LogP contribution in [0.3, 0.4) is 0 Å². The van der Waals surface area contributed by atoms with Gasteiger partial charge in [-0.15, -0.1) is 0 Å². The van der Waals surface area contributed by atoms with Crippen LogP contribution in [0.2, 0.25) is 0 Å². The highest BCUT2D eigenvalue weighted by Crippen LogP contribution is 2.13. The molecule has 1 aromatic carbocycles. The standard InChI is InChI=1S/C17H16N4O3/c1-12(13-7-3-2-4-8-13)19-15(22)11-21-16(20-24-17(21)23)14-9-5-6-10-18-14/h2-10,12H,11H2,1H3,(H,19,22). The van der Waals surface area contributed by atoms with Crippen molar-refractivity contribution in [2.75, 3.05) is 0 Å². The van der Waals surface area contributed by atoms with Gasteiger partial charge < -0.3 is 5.32 Å². The summed E-state index contributed by atoms with van der Waals surface area (Å²) in [5.74, 6) is -0.782. The van der Waals surface area contributed by atoms with Gasteiger partial charge >= 0.3 is 5.76 Å². The summed E-state index contributed by atoms with van der Waals surface area (Å²) in [6.07, 6.45) is 1.58. The smallest absolute Gasteiger partial charge is 0.348 e. The average molecular weight is 324 g/mol. The van der Waals surface area contributed by atoms with Crippen molar-refractivity contribution in [3.63, 3.8) is 0 Å². The lowest BCUT2D eigenvalue weighted by molar-refractivity contribution is -0.122. The minimum Gasteiger partial charge on any atom is -0.348 e. The second-order valence-electron chi connectivity index (χ2n) is 5.27. The molecule has 7 heteroatoms. The number of carbonyl (C=O) groups is 1. The molecule has 0 aliphatic carbocycles. The molecule has 1 amide bonds. The van der Waals surface area contributed by atoms with Crippen molar-refractivity contribution in [2.24, 2.45) is 0 Å². The van der Waals surface area contributed by atoms with Crippen LogP contribution >= 0.6 is 0 Å². The molecule has 0 saturated carbocycles. The molecule has 0 radical (unpaired) electrons. The summed E-state index contributed by atoms with van der Waals surface area (Å²) in [7, 11) is 0. The first-order valence-corrected chi connectivity index (χ1v) is 7.47. The topological polar surface area (TPSA) is 90.0 Å². The molecule has 7 nitrogen and oxygen atoms in total. The molecule has 1 unspecified atom stereocenters. The van der Waals surface area contributed by atoms with Crippen LogP contribution in [0, 0.1) is 0 Å². The van der Waals surface area contributed by atoms with Gasteiger partial charge in [0, 0.05) is 6.20 Å². The fraction of sp³-hybridized carbons (Fsp3) is 0.176. The molecule has 0 fully saturated rings. The lowest BCUT2D eigenvalue weighted by Gasteiger charge is -2.14. The van der Waals surface area contributed by atoms with Crippen LogP contribution < -0.4 is 11.1 Å². The molecule has 2 aromatic heterocycles. The molecule has 0 bridgehead atoms. The van der Waals surface area contributed by atoms with Gasteiger partial charge in [0.25, 0.3) is 0 Å². The lowest BCUT2D eigenvalue weighted by Crippen LogP contribution is -2.33. The largest absolute Gasteiger partial charge is 0.442 e. The van der Waals surface area contributed by atoms with Gasteiger partial charge in [-0.25, -0.2) is 9.36 Å². The van der Waals surface area contributed by atoms with Gasteiger partial charge in [0.1, 0.15) is 12.2 Å². The predicted molar refractivity (Wildman–Crippen MR) is 87.0 cm³/mol. The van der Waals surface area contributed by atoms with E-state index in [1.54, 1.807) is 24.4 Å². The molecular weight excluding hydrogens is 308 g/mol. The molecule has 1 atom stereocenters. The Morgan fingerprint density at radius 3 is 2.67 bits per heavy atom. The number of pyridine rings is 1. The van der Waals surface area contributed by atoms with Crippen molar-refractivity contribution < 1.29 is 9.32 Å². The highest BCUT2D eigenvalue weighted by Gasteiger charge is 2.17. The molecule has 0 aliphatic rings. The molecule has 24 heavy (non-hydrogen) atoms. The van der Waals surface area contributed by atoms with Crippen LogP contribution in [-0.4, -0.2) is 20.6 Å². The second-order valence-corrected chi connectivity index (χ2v) is 5.27. The SMILES string of the molecule is CC(NC(=O)Cn1c(-c2ccccn2)noc1=O)c1ccccc1. The minimum absolute atomic E-state index is 0.174. The Bertz CT molecular complexity index is 872. The number of aromatic nitrogens is 3. The Morgan fingerprint density at radius 2 is 1.96 bits per heavy atom. The number of hydrogen-bond acceptors (Lipinski definition) is 5. The second kappa shape index (κ2) is 6.91. The Kier molecular flexibility index (Phi) is 4.51. The van der Waals surface area contributed by atoms with Gasteiger partial charge in [-0.05, 0) is 24.6 Å². The number of hydrogen-bond donors (Lipinski definition) is 1. The Labute approximate surface area is 137 Å². The Morgan fingerprint density at radius 1 is 1.21 bits per heavy atom. The van der Waals surface area contributed by atoms with Crippen LogP contribution in [0.1, 0.15) is 18.5 Å². The van der Waals surface area contributed by atoms with Gasteiger partial charge in [0.05, 0.1) is 6.04 Å². The Hall–Kier alpha value is -3.22. The average Bonchev–Trinajstić information content (AvgIpc) is 2.97. The minimum atomic E-state index is -0.696. The first-order valence-electron chi connectivity index (χ1n) is 7.47. The normalized spacial score (nSPS) is 11.9. The molecule has 2 heterocycles. The molecule has 3 rings (SSSR count). The number of nitrogens with zero attached hydrogens (tertiary/aromatic N) is 3. The van der Waals surface area contributed by atoms with E-state index in [1.165, 1.54) is 0 Å². The van der Waals surface area contributed by atoms with Crippen molar-refractivity contribution in [2.45, 2.75) is 19.5 Å². The third-order valence-electron chi connectivity index (χ3n) is 3.56. The monoisotopic (exact) mass is 324 g/mol. The van der Waals surface area contributed by atoms with E-state index >= 15 is 0 Å². The first-order chi connectivity index (χ1) is 11.6. The summed E-state index contributed by atoms with van der Waals surface area (Å²) in [4.78, 5) is 28.2. The fourth-order valence-corrected chi connectivity index (χ4v) is 2.34. The van der Waals surface area contributed by atoms with Crippen molar-refractivity contribution in [3.8, 4) is 11.5 Å². The van der Waals surface area contributed by atoms with Crippen molar-refractivity contribution in [1.29, 1.82) is 0 Å². The van der Waals surface area contributed by atoms with E-state index < -0.39 is 5.76 Å². The number of benzene rings is 1. The van der Waals surface area contributed by atoms with E-state index in [-0.39, 0.29) is 24.3 Å². The zero-order valence-electron chi connectivity index (χ0n) is 13.0. The summed E-state index contributed by atoms with van der Waals surface area (Å²) in [5.41, 5.74) is 1.45. The molecule has 0 saturated heterocycles. The third kappa shape index (κ3) is 3.40. The summed E-state index contributed by atoms with van der Waals surface area (Å²) < 4.78 is 5.84. The number of nitrogens with one attached hydrogen (secondary N) is 1. The van der Waals surface area contributed by atoms with Crippen molar-refractivity contribution in [1.82, 2.24) is 20.0 Å².